The molecule has 0 saturated carbocycles. The standard InChI is InChI=1S/C21H25ClN2O4/c1-4-19(28-15-9-10-17(22)14(2)13-15)21(26)24-18-8-6-5-7-16(18)20(25)23-11-12-27-3/h5-10,13,19H,4,11-12H2,1-3H3,(H,23,25)(H,24,26)/t19-/m0/s1. The Bertz CT molecular complexity index is 826. The summed E-state index contributed by atoms with van der Waals surface area (Å²) in [4.78, 5) is 25.1. The van der Waals surface area contributed by atoms with Crippen LogP contribution in [0, 0.1) is 6.92 Å². The van der Waals surface area contributed by atoms with Crippen molar-refractivity contribution in [3.63, 3.8) is 0 Å². The zero-order chi connectivity index (χ0) is 20.5. The number of methoxy groups -OCH3 is 1. The number of carbonyl (C=O) groups excluding carboxylic acids is 2. The van der Waals surface area contributed by atoms with Gasteiger partial charge in [-0.05, 0) is 49.2 Å². The van der Waals surface area contributed by atoms with E-state index in [9.17, 15) is 9.59 Å². The average Bonchev–Trinajstić information content (AvgIpc) is 2.69. The van der Waals surface area contributed by atoms with E-state index >= 15 is 0 Å². The van der Waals surface area contributed by atoms with E-state index in [-0.39, 0.29) is 11.8 Å². The lowest BCUT2D eigenvalue weighted by Crippen LogP contribution is -2.34. The third-order valence-corrected chi connectivity index (χ3v) is 4.52. The van der Waals surface area contributed by atoms with Gasteiger partial charge in [-0.1, -0.05) is 30.7 Å². The lowest BCUT2D eigenvalue weighted by molar-refractivity contribution is -0.122. The third-order valence-electron chi connectivity index (χ3n) is 4.09. The molecule has 2 N–H and O–H groups in total. The number of anilines is 1. The van der Waals surface area contributed by atoms with Gasteiger partial charge >= 0.3 is 0 Å². The molecule has 0 aliphatic rings. The Morgan fingerprint density at radius 1 is 1.18 bits per heavy atom. The predicted molar refractivity (Wildman–Crippen MR) is 110 cm³/mol. The Labute approximate surface area is 170 Å². The van der Waals surface area contributed by atoms with Gasteiger partial charge in [0.05, 0.1) is 17.9 Å². The van der Waals surface area contributed by atoms with Gasteiger partial charge in [-0.3, -0.25) is 9.59 Å². The molecule has 0 aromatic heterocycles. The fraction of sp³-hybridized carbons (Fsp3) is 0.333. The van der Waals surface area contributed by atoms with Crippen molar-refractivity contribution in [1.82, 2.24) is 5.32 Å². The molecule has 2 aromatic carbocycles. The lowest BCUT2D eigenvalue weighted by Gasteiger charge is -2.19. The maximum absolute atomic E-state index is 12.7. The van der Waals surface area contributed by atoms with Gasteiger partial charge in [0, 0.05) is 18.7 Å². The smallest absolute Gasteiger partial charge is 0.265 e. The molecule has 0 spiro atoms. The number of para-hydroxylation sites is 1. The molecule has 150 valence electrons. The van der Waals surface area contributed by atoms with Gasteiger partial charge < -0.3 is 20.1 Å². The lowest BCUT2D eigenvalue weighted by atomic mass is 10.1. The number of hydrogen-bond donors (Lipinski definition) is 2. The largest absolute Gasteiger partial charge is 0.481 e. The molecule has 0 heterocycles. The minimum absolute atomic E-state index is 0.282. The normalized spacial score (nSPS) is 11.6. The Morgan fingerprint density at radius 2 is 1.93 bits per heavy atom. The first-order valence-corrected chi connectivity index (χ1v) is 9.43. The number of ether oxygens (including phenoxy) is 2. The van der Waals surface area contributed by atoms with E-state index < -0.39 is 6.10 Å². The van der Waals surface area contributed by atoms with Crippen LogP contribution in [0.25, 0.3) is 0 Å². The molecule has 6 nitrogen and oxygen atoms in total. The van der Waals surface area contributed by atoms with E-state index in [1.54, 1.807) is 49.6 Å². The minimum Gasteiger partial charge on any atom is -0.481 e. The molecule has 0 bridgehead atoms. The van der Waals surface area contributed by atoms with Crippen LogP contribution in [0.5, 0.6) is 5.75 Å². The highest BCUT2D eigenvalue weighted by Crippen LogP contribution is 2.23. The fourth-order valence-corrected chi connectivity index (χ4v) is 2.66. The number of halogens is 1. The predicted octanol–water partition coefficient (Wildman–Crippen LogP) is 3.82. The Kier molecular flexibility index (Phi) is 8.29. The van der Waals surface area contributed by atoms with Gasteiger partial charge in [0.15, 0.2) is 6.10 Å². The molecule has 28 heavy (non-hydrogen) atoms. The maximum Gasteiger partial charge on any atom is 0.265 e. The van der Waals surface area contributed by atoms with Gasteiger partial charge in [-0.15, -0.1) is 0 Å². The average molecular weight is 405 g/mol. The SMILES string of the molecule is CC[C@H](Oc1ccc(Cl)c(C)c1)C(=O)Nc1ccccc1C(=O)NCCOC. The van der Waals surface area contributed by atoms with Crippen LogP contribution in [0.1, 0.15) is 29.3 Å². The first kappa shape index (κ1) is 21.7. The van der Waals surface area contributed by atoms with E-state index in [1.165, 1.54) is 0 Å². The van der Waals surface area contributed by atoms with E-state index in [0.717, 1.165) is 5.56 Å². The molecule has 0 aliphatic heterocycles. The summed E-state index contributed by atoms with van der Waals surface area (Å²) in [6, 6.07) is 12.1. The highest BCUT2D eigenvalue weighted by atomic mass is 35.5. The first-order chi connectivity index (χ1) is 13.5. The highest BCUT2D eigenvalue weighted by Gasteiger charge is 2.21. The second-order valence-corrected chi connectivity index (χ2v) is 6.62. The van der Waals surface area contributed by atoms with Crippen LogP contribution in [0.2, 0.25) is 5.02 Å². The van der Waals surface area contributed by atoms with Crippen LogP contribution in [0.15, 0.2) is 42.5 Å². The zero-order valence-electron chi connectivity index (χ0n) is 16.3. The second kappa shape index (κ2) is 10.7. The molecular formula is C21H25ClN2O4. The molecule has 2 aromatic rings. The third kappa shape index (κ3) is 5.97. The summed E-state index contributed by atoms with van der Waals surface area (Å²) < 4.78 is 10.8. The van der Waals surface area contributed by atoms with Crippen LogP contribution in [0.4, 0.5) is 5.69 Å². The molecule has 0 aliphatic carbocycles. The Balaban J connectivity index is 2.09. The van der Waals surface area contributed by atoms with E-state index in [1.807, 2.05) is 13.8 Å². The van der Waals surface area contributed by atoms with Gasteiger partial charge in [0.2, 0.25) is 0 Å². The number of aryl methyl sites for hydroxylation is 1. The molecule has 0 radical (unpaired) electrons. The second-order valence-electron chi connectivity index (χ2n) is 6.21. The number of hydrogen-bond acceptors (Lipinski definition) is 4. The van der Waals surface area contributed by atoms with Crippen molar-refractivity contribution in [2.75, 3.05) is 25.6 Å². The van der Waals surface area contributed by atoms with Crippen molar-refractivity contribution in [2.24, 2.45) is 0 Å². The molecule has 0 unspecified atom stereocenters. The van der Waals surface area contributed by atoms with Crippen LogP contribution in [-0.2, 0) is 9.53 Å². The van der Waals surface area contributed by atoms with Gasteiger partial charge in [0.25, 0.3) is 11.8 Å². The number of nitrogens with one attached hydrogen (secondary N) is 2. The quantitative estimate of drug-likeness (QED) is 0.623. The van der Waals surface area contributed by atoms with Gasteiger partial charge in [-0.25, -0.2) is 0 Å². The molecule has 2 amide bonds. The summed E-state index contributed by atoms with van der Waals surface area (Å²) in [7, 11) is 1.56. The van der Waals surface area contributed by atoms with Crippen molar-refractivity contribution in [3.8, 4) is 5.75 Å². The Hall–Kier alpha value is -2.57. The molecule has 0 fully saturated rings. The topological polar surface area (TPSA) is 76.7 Å². The van der Waals surface area contributed by atoms with Gasteiger partial charge in [-0.2, -0.15) is 0 Å². The molecule has 2 rings (SSSR count). The number of rotatable bonds is 9. The summed E-state index contributed by atoms with van der Waals surface area (Å²) in [5.41, 5.74) is 1.67. The van der Waals surface area contributed by atoms with Gasteiger partial charge in [0.1, 0.15) is 5.75 Å². The zero-order valence-corrected chi connectivity index (χ0v) is 17.0. The molecule has 7 heteroatoms. The summed E-state index contributed by atoms with van der Waals surface area (Å²) in [6.45, 7) is 4.52. The molecular weight excluding hydrogens is 380 g/mol. The first-order valence-electron chi connectivity index (χ1n) is 9.06. The number of carbonyl (C=O) groups is 2. The van der Waals surface area contributed by atoms with Crippen molar-refractivity contribution >= 4 is 29.1 Å². The summed E-state index contributed by atoms with van der Waals surface area (Å²) >= 11 is 6.03. The van der Waals surface area contributed by atoms with Crippen molar-refractivity contribution in [1.29, 1.82) is 0 Å². The van der Waals surface area contributed by atoms with E-state index in [0.29, 0.717) is 41.6 Å². The van der Waals surface area contributed by atoms with Crippen LogP contribution >= 0.6 is 11.6 Å². The van der Waals surface area contributed by atoms with Crippen LogP contribution < -0.4 is 15.4 Å². The summed E-state index contributed by atoms with van der Waals surface area (Å²) in [5, 5.41) is 6.18. The highest BCUT2D eigenvalue weighted by molar-refractivity contribution is 6.31. The Morgan fingerprint density at radius 3 is 2.61 bits per heavy atom. The number of amides is 2. The summed E-state index contributed by atoms with van der Waals surface area (Å²) in [6.07, 6.45) is -0.236. The molecule has 0 saturated heterocycles. The van der Waals surface area contributed by atoms with E-state index in [2.05, 4.69) is 10.6 Å². The minimum atomic E-state index is -0.704. The van der Waals surface area contributed by atoms with Crippen molar-refractivity contribution in [2.45, 2.75) is 26.4 Å². The monoisotopic (exact) mass is 404 g/mol. The maximum atomic E-state index is 12.7. The summed E-state index contributed by atoms with van der Waals surface area (Å²) in [5.74, 6) is -0.0445. The molecule has 1 atom stereocenters. The van der Waals surface area contributed by atoms with Crippen molar-refractivity contribution in [3.05, 3.63) is 58.6 Å². The van der Waals surface area contributed by atoms with Crippen molar-refractivity contribution < 1.29 is 19.1 Å². The van der Waals surface area contributed by atoms with Crippen LogP contribution in [0.3, 0.4) is 0 Å². The van der Waals surface area contributed by atoms with E-state index in [4.69, 9.17) is 21.1 Å². The van der Waals surface area contributed by atoms with Crippen LogP contribution in [-0.4, -0.2) is 38.2 Å². The number of benzene rings is 2. The fourth-order valence-electron chi connectivity index (χ4n) is 2.54.